The van der Waals surface area contributed by atoms with Gasteiger partial charge in [0.15, 0.2) is 5.89 Å². The van der Waals surface area contributed by atoms with Gasteiger partial charge in [0.1, 0.15) is 0 Å². The average molecular weight is 305 g/mol. The first kappa shape index (κ1) is 15.9. The number of nitrogens with zero attached hydrogens (tertiary/aromatic N) is 1. The molecule has 0 amide bonds. The summed E-state index contributed by atoms with van der Waals surface area (Å²) in [7, 11) is 0. The monoisotopic (exact) mass is 305 g/mol. The van der Waals surface area contributed by atoms with Crippen molar-refractivity contribution in [1.29, 1.82) is 0 Å². The van der Waals surface area contributed by atoms with E-state index in [9.17, 15) is 18.0 Å². The van der Waals surface area contributed by atoms with Crippen LogP contribution in [0.15, 0.2) is 4.42 Å². The Kier molecular flexibility index (Phi) is 4.58. The minimum Gasteiger partial charge on any atom is -0.475 e. The molecule has 0 aliphatic heterocycles. The Labute approximate surface area is 120 Å². The molecule has 0 saturated heterocycles. The molecule has 1 aromatic heterocycles. The van der Waals surface area contributed by atoms with Crippen molar-refractivity contribution in [2.75, 3.05) is 0 Å². The second-order valence-corrected chi connectivity index (χ2v) is 5.49. The second kappa shape index (κ2) is 6.07. The predicted molar refractivity (Wildman–Crippen MR) is 68.2 cm³/mol. The van der Waals surface area contributed by atoms with Crippen LogP contribution >= 0.6 is 0 Å². The fraction of sp³-hybridized carbons (Fsp3) is 0.714. The third kappa shape index (κ3) is 3.57. The Hall–Kier alpha value is -1.53. The van der Waals surface area contributed by atoms with Gasteiger partial charge in [0.2, 0.25) is 5.76 Å². The third-order valence-corrected chi connectivity index (χ3v) is 3.88. The van der Waals surface area contributed by atoms with E-state index in [1.165, 1.54) is 0 Å². The van der Waals surface area contributed by atoms with Gasteiger partial charge in [-0.3, -0.25) is 0 Å². The highest BCUT2D eigenvalue weighted by molar-refractivity contribution is 5.85. The molecule has 4 nitrogen and oxygen atoms in total. The number of carbonyl (C=O) groups is 1. The van der Waals surface area contributed by atoms with Crippen LogP contribution in [0.2, 0.25) is 0 Å². The van der Waals surface area contributed by atoms with Crippen LogP contribution < -0.4 is 0 Å². The van der Waals surface area contributed by atoms with Crippen molar-refractivity contribution in [3.05, 3.63) is 17.3 Å². The Morgan fingerprint density at radius 3 is 2.71 bits per heavy atom. The lowest BCUT2D eigenvalue weighted by Gasteiger charge is -2.28. The molecule has 1 fully saturated rings. The van der Waals surface area contributed by atoms with Crippen molar-refractivity contribution in [3.63, 3.8) is 0 Å². The number of halogens is 3. The van der Waals surface area contributed by atoms with Gasteiger partial charge in [0.05, 0.1) is 11.6 Å². The van der Waals surface area contributed by atoms with Crippen molar-refractivity contribution >= 4 is 5.97 Å². The first-order valence-corrected chi connectivity index (χ1v) is 7.12. The van der Waals surface area contributed by atoms with Crippen molar-refractivity contribution < 1.29 is 27.5 Å². The van der Waals surface area contributed by atoms with Crippen LogP contribution in [0.1, 0.15) is 67.1 Å². The van der Waals surface area contributed by atoms with Crippen LogP contribution in [0, 0.1) is 5.92 Å². The molecule has 118 valence electrons. The zero-order valence-electron chi connectivity index (χ0n) is 11.7. The van der Waals surface area contributed by atoms with E-state index in [1.807, 2.05) is 6.92 Å². The summed E-state index contributed by atoms with van der Waals surface area (Å²) in [5, 5.41) is 9.07. The topological polar surface area (TPSA) is 63.3 Å². The number of aryl methyl sites for hydroxylation is 1. The maximum Gasteiger partial charge on any atom is 0.391 e. The SMILES string of the molecule is CCCc1nc(C2CCCC(C(F)(F)F)C2)oc1C(=O)O. The van der Waals surface area contributed by atoms with Gasteiger partial charge in [-0.1, -0.05) is 19.8 Å². The molecular weight excluding hydrogens is 287 g/mol. The zero-order chi connectivity index (χ0) is 15.6. The van der Waals surface area contributed by atoms with Gasteiger partial charge < -0.3 is 9.52 Å². The van der Waals surface area contributed by atoms with Crippen molar-refractivity contribution in [3.8, 4) is 0 Å². The summed E-state index contributed by atoms with van der Waals surface area (Å²) >= 11 is 0. The second-order valence-electron chi connectivity index (χ2n) is 5.49. The van der Waals surface area contributed by atoms with Crippen LogP contribution in [-0.4, -0.2) is 22.2 Å². The molecule has 1 aromatic rings. The van der Waals surface area contributed by atoms with Crippen molar-refractivity contribution in [1.82, 2.24) is 4.98 Å². The van der Waals surface area contributed by atoms with E-state index in [4.69, 9.17) is 9.52 Å². The first-order chi connectivity index (χ1) is 9.82. The normalized spacial score (nSPS) is 23.2. The Morgan fingerprint density at radius 2 is 2.14 bits per heavy atom. The highest BCUT2D eigenvalue weighted by Gasteiger charge is 2.43. The lowest BCUT2D eigenvalue weighted by Crippen LogP contribution is -2.28. The smallest absolute Gasteiger partial charge is 0.391 e. The van der Waals surface area contributed by atoms with Crippen LogP contribution in [-0.2, 0) is 6.42 Å². The van der Waals surface area contributed by atoms with Gasteiger partial charge in [-0.15, -0.1) is 0 Å². The molecule has 1 aliphatic rings. The minimum absolute atomic E-state index is 0.0748. The lowest BCUT2D eigenvalue weighted by atomic mass is 9.81. The molecule has 2 rings (SSSR count). The van der Waals surface area contributed by atoms with Crippen LogP contribution in [0.5, 0.6) is 0 Å². The number of carboxylic acid groups (broad SMARTS) is 1. The number of aromatic nitrogens is 1. The molecule has 0 bridgehead atoms. The van der Waals surface area contributed by atoms with Gasteiger partial charge in [-0.05, 0) is 25.7 Å². The quantitative estimate of drug-likeness (QED) is 0.907. The number of rotatable bonds is 4. The average Bonchev–Trinajstić information content (AvgIpc) is 2.83. The fourth-order valence-corrected chi connectivity index (χ4v) is 2.83. The summed E-state index contributed by atoms with van der Waals surface area (Å²) < 4.78 is 43.7. The van der Waals surface area contributed by atoms with Gasteiger partial charge in [0.25, 0.3) is 0 Å². The molecule has 2 atom stereocenters. The molecule has 0 radical (unpaired) electrons. The fourth-order valence-electron chi connectivity index (χ4n) is 2.83. The highest BCUT2D eigenvalue weighted by Crippen LogP contribution is 2.43. The van der Waals surface area contributed by atoms with Crippen molar-refractivity contribution in [2.45, 2.75) is 57.5 Å². The molecule has 1 heterocycles. The van der Waals surface area contributed by atoms with E-state index in [1.54, 1.807) is 0 Å². The summed E-state index contributed by atoms with van der Waals surface area (Å²) in [5.74, 6) is -3.12. The predicted octanol–water partition coefficient (Wildman–Crippen LogP) is 4.16. The molecule has 0 spiro atoms. The molecule has 21 heavy (non-hydrogen) atoms. The maximum absolute atomic E-state index is 12.8. The Morgan fingerprint density at radius 1 is 1.43 bits per heavy atom. The van der Waals surface area contributed by atoms with E-state index < -0.39 is 24.0 Å². The molecule has 7 heteroatoms. The van der Waals surface area contributed by atoms with Crippen LogP contribution in [0.4, 0.5) is 13.2 Å². The van der Waals surface area contributed by atoms with Crippen LogP contribution in [0.3, 0.4) is 0 Å². The first-order valence-electron chi connectivity index (χ1n) is 7.12. The number of hydrogen-bond acceptors (Lipinski definition) is 3. The van der Waals surface area contributed by atoms with Gasteiger partial charge in [-0.2, -0.15) is 13.2 Å². The molecule has 0 aromatic carbocycles. The number of aromatic carboxylic acids is 1. The van der Waals surface area contributed by atoms with Crippen molar-refractivity contribution in [2.24, 2.45) is 5.92 Å². The Balaban J connectivity index is 2.21. The van der Waals surface area contributed by atoms with Gasteiger partial charge >= 0.3 is 12.1 Å². The molecule has 2 unspecified atom stereocenters. The van der Waals surface area contributed by atoms with E-state index >= 15 is 0 Å². The zero-order valence-corrected chi connectivity index (χ0v) is 11.7. The molecule has 1 aliphatic carbocycles. The highest BCUT2D eigenvalue weighted by atomic mass is 19.4. The Bertz CT molecular complexity index is 510. The minimum atomic E-state index is -4.22. The van der Waals surface area contributed by atoms with E-state index in [0.717, 1.165) is 0 Å². The summed E-state index contributed by atoms with van der Waals surface area (Å²) in [6.07, 6.45) is -2.03. The summed E-state index contributed by atoms with van der Waals surface area (Å²) in [6, 6.07) is 0. The number of oxazole rings is 1. The lowest BCUT2D eigenvalue weighted by molar-refractivity contribution is -0.183. The van der Waals surface area contributed by atoms with Gasteiger partial charge in [-0.25, -0.2) is 9.78 Å². The summed E-state index contributed by atoms with van der Waals surface area (Å²) in [6.45, 7) is 1.88. The summed E-state index contributed by atoms with van der Waals surface area (Å²) in [4.78, 5) is 15.2. The summed E-state index contributed by atoms with van der Waals surface area (Å²) in [5.41, 5.74) is 0.328. The maximum atomic E-state index is 12.8. The molecular formula is C14H18F3NO3. The number of alkyl halides is 3. The molecule has 1 saturated carbocycles. The number of hydrogen-bond donors (Lipinski definition) is 1. The largest absolute Gasteiger partial charge is 0.475 e. The third-order valence-electron chi connectivity index (χ3n) is 3.88. The van der Waals surface area contributed by atoms with E-state index in [-0.39, 0.29) is 24.5 Å². The van der Waals surface area contributed by atoms with Gasteiger partial charge in [0, 0.05) is 5.92 Å². The van der Waals surface area contributed by atoms with Crippen LogP contribution in [0.25, 0.3) is 0 Å². The molecule has 1 N–H and O–H groups in total. The van der Waals surface area contributed by atoms with E-state index in [2.05, 4.69) is 4.98 Å². The standard InChI is InChI=1S/C14H18F3NO3/c1-2-4-10-11(13(19)20)21-12(18-10)8-5-3-6-9(7-8)14(15,16)17/h8-9H,2-7H2,1H3,(H,19,20). The van der Waals surface area contributed by atoms with E-state index in [0.29, 0.717) is 31.4 Å². The number of carboxylic acids is 1.